The lowest BCUT2D eigenvalue weighted by atomic mass is 9.95. The summed E-state index contributed by atoms with van der Waals surface area (Å²) in [6, 6.07) is 22.3. The predicted octanol–water partition coefficient (Wildman–Crippen LogP) is 5.65. The summed E-state index contributed by atoms with van der Waals surface area (Å²) >= 11 is 1.68. The van der Waals surface area contributed by atoms with E-state index < -0.39 is 0 Å². The maximum Gasteiger partial charge on any atom is 0.238 e. The van der Waals surface area contributed by atoms with Crippen molar-refractivity contribution in [3.63, 3.8) is 0 Å². The standard InChI is InChI=1S/C25H27N3OS/c1-3-18(2)20-8-10-21(11-9-20)25(23-5-4-16-30-23)27-17-24(29)28-22-12-6-19(7-13-22)14-15-26/h4-13,16,18,25,27H,3,14,17H2,1-2H3,(H,28,29)/t18-,25-/m1/s1. The summed E-state index contributed by atoms with van der Waals surface area (Å²) in [5.74, 6) is 0.443. The van der Waals surface area contributed by atoms with Gasteiger partial charge < -0.3 is 5.32 Å². The first kappa shape index (κ1) is 21.8. The molecule has 0 aliphatic carbocycles. The van der Waals surface area contributed by atoms with Gasteiger partial charge in [0.05, 0.1) is 25.1 Å². The molecule has 0 aliphatic heterocycles. The molecule has 2 atom stereocenters. The van der Waals surface area contributed by atoms with Gasteiger partial charge >= 0.3 is 0 Å². The van der Waals surface area contributed by atoms with Crippen LogP contribution >= 0.6 is 11.3 Å². The number of hydrogen-bond acceptors (Lipinski definition) is 4. The first-order chi connectivity index (χ1) is 14.6. The first-order valence-corrected chi connectivity index (χ1v) is 11.1. The van der Waals surface area contributed by atoms with Gasteiger partial charge in [0.1, 0.15) is 0 Å². The van der Waals surface area contributed by atoms with E-state index >= 15 is 0 Å². The van der Waals surface area contributed by atoms with Gasteiger partial charge in [0, 0.05) is 10.6 Å². The fourth-order valence-corrected chi connectivity index (χ4v) is 4.11. The van der Waals surface area contributed by atoms with Gasteiger partial charge in [0.2, 0.25) is 5.91 Å². The van der Waals surface area contributed by atoms with Crippen LogP contribution in [0.4, 0.5) is 5.69 Å². The molecule has 0 spiro atoms. The highest BCUT2D eigenvalue weighted by molar-refractivity contribution is 7.10. The Balaban J connectivity index is 1.66. The summed E-state index contributed by atoms with van der Waals surface area (Å²) < 4.78 is 0. The third-order valence-corrected chi connectivity index (χ3v) is 6.20. The number of nitrogens with one attached hydrogen (secondary N) is 2. The molecule has 30 heavy (non-hydrogen) atoms. The van der Waals surface area contributed by atoms with E-state index in [2.05, 4.69) is 66.3 Å². The van der Waals surface area contributed by atoms with Crippen molar-refractivity contribution in [2.24, 2.45) is 0 Å². The van der Waals surface area contributed by atoms with Crippen molar-refractivity contribution in [3.8, 4) is 6.07 Å². The number of amides is 1. The third-order valence-electron chi connectivity index (χ3n) is 5.27. The van der Waals surface area contributed by atoms with Gasteiger partial charge in [-0.3, -0.25) is 10.1 Å². The van der Waals surface area contributed by atoms with Crippen molar-refractivity contribution in [3.05, 3.63) is 87.6 Å². The number of hydrogen-bond donors (Lipinski definition) is 2. The molecule has 1 heterocycles. The van der Waals surface area contributed by atoms with Crippen molar-refractivity contribution in [2.45, 2.75) is 38.6 Å². The van der Waals surface area contributed by atoms with Crippen LogP contribution in [0.1, 0.15) is 53.8 Å². The summed E-state index contributed by atoms with van der Waals surface area (Å²) in [6.45, 7) is 4.64. The third kappa shape index (κ3) is 5.79. The highest BCUT2D eigenvalue weighted by Crippen LogP contribution is 2.28. The Morgan fingerprint density at radius 3 is 2.37 bits per heavy atom. The molecule has 2 N–H and O–H groups in total. The summed E-state index contributed by atoms with van der Waals surface area (Å²) in [7, 11) is 0. The second-order valence-corrected chi connectivity index (χ2v) is 8.36. The van der Waals surface area contributed by atoms with Gasteiger partial charge in [-0.25, -0.2) is 0 Å². The van der Waals surface area contributed by atoms with Crippen molar-refractivity contribution < 1.29 is 4.79 Å². The van der Waals surface area contributed by atoms with E-state index in [1.54, 1.807) is 11.3 Å². The quantitative estimate of drug-likeness (QED) is 0.473. The lowest BCUT2D eigenvalue weighted by Gasteiger charge is -2.19. The number of nitrogens with zero attached hydrogens (tertiary/aromatic N) is 1. The molecule has 3 rings (SSSR count). The Kier molecular flexibility index (Phi) is 7.78. The highest BCUT2D eigenvalue weighted by atomic mass is 32.1. The monoisotopic (exact) mass is 417 g/mol. The number of benzene rings is 2. The fraction of sp³-hybridized carbons (Fsp3) is 0.280. The molecule has 0 aliphatic rings. The lowest BCUT2D eigenvalue weighted by molar-refractivity contribution is -0.115. The van der Waals surface area contributed by atoms with Crippen LogP contribution in [0.2, 0.25) is 0 Å². The van der Waals surface area contributed by atoms with Gasteiger partial charge in [0.25, 0.3) is 0 Å². The van der Waals surface area contributed by atoms with Crippen LogP contribution in [0.5, 0.6) is 0 Å². The Hall–Kier alpha value is -2.94. The molecule has 0 bridgehead atoms. The zero-order chi connectivity index (χ0) is 21.3. The van der Waals surface area contributed by atoms with Crippen LogP contribution in [0.3, 0.4) is 0 Å². The molecule has 154 valence electrons. The zero-order valence-electron chi connectivity index (χ0n) is 17.4. The normalized spacial score (nSPS) is 12.7. The van der Waals surface area contributed by atoms with Crippen molar-refractivity contribution in [1.29, 1.82) is 5.26 Å². The summed E-state index contributed by atoms with van der Waals surface area (Å²) in [4.78, 5) is 13.7. The molecule has 0 fully saturated rings. The molecule has 5 heteroatoms. The molecular weight excluding hydrogens is 390 g/mol. The second kappa shape index (κ2) is 10.7. The van der Waals surface area contributed by atoms with E-state index in [1.165, 1.54) is 10.4 Å². The summed E-state index contributed by atoms with van der Waals surface area (Å²) in [6.07, 6.45) is 1.48. The largest absolute Gasteiger partial charge is 0.325 e. The van der Waals surface area contributed by atoms with E-state index in [0.29, 0.717) is 12.3 Å². The van der Waals surface area contributed by atoms with Crippen LogP contribution in [-0.2, 0) is 11.2 Å². The molecular formula is C25H27N3OS. The molecule has 0 unspecified atom stereocenters. The molecule has 0 saturated heterocycles. The Morgan fingerprint density at radius 1 is 1.07 bits per heavy atom. The molecule has 0 radical (unpaired) electrons. The van der Waals surface area contributed by atoms with Gasteiger partial charge in [-0.05, 0) is 52.6 Å². The van der Waals surface area contributed by atoms with E-state index in [-0.39, 0.29) is 18.5 Å². The number of anilines is 1. The van der Waals surface area contributed by atoms with Crippen LogP contribution in [-0.4, -0.2) is 12.5 Å². The Labute approximate surface area is 182 Å². The van der Waals surface area contributed by atoms with E-state index in [0.717, 1.165) is 23.2 Å². The first-order valence-electron chi connectivity index (χ1n) is 10.2. The molecule has 0 saturated carbocycles. The maximum atomic E-state index is 12.5. The Morgan fingerprint density at radius 2 is 1.77 bits per heavy atom. The van der Waals surface area contributed by atoms with Gasteiger partial charge in [-0.2, -0.15) is 5.26 Å². The minimum Gasteiger partial charge on any atom is -0.325 e. The van der Waals surface area contributed by atoms with Crippen LogP contribution in [0.25, 0.3) is 0 Å². The summed E-state index contributed by atoms with van der Waals surface area (Å²) in [5.41, 5.74) is 4.16. The van der Waals surface area contributed by atoms with Crippen molar-refractivity contribution in [2.75, 3.05) is 11.9 Å². The number of thiophene rings is 1. The van der Waals surface area contributed by atoms with E-state index in [9.17, 15) is 4.79 Å². The molecule has 3 aromatic rings. The average molecular weight is 418 g/mol. The SMILES string of the molecule is CC[C@@H](C)c1ccc([C@@H](NCC(=O)Nc2ccc(CC#N)cc2)c2cccs2)cc1. The lowest BCUT2D eigenvalue weighted by Crippen LogP contribution is -2.31. The minimum atomic E-state index is -0.0965. The van der Waals surface area contributed by atoms with Crippen LogP contribution in [0.15, 0.2) is 66.0 Å². The number of rotatable bonds is 9. The maximum absolute atomic E-state index is 12.5. The Bertz CT molecular complexity index is 973. The number of carbonyl (C=O) groups is 1. The van der Waals surface area contributed by atoms with E-state index in [1.807, 2.05) is 30.3 Å². The predicted molar refractivity (Wildman–Crippen MR) is 124 cm³/mol. The topological polar surface area (TPSA) is 64.9 Å². The number of carbonyl (C=O) groups excluding carboxylic acids is 1. The van der Waals surface area contributed by atoms with Crippen molar-refractivity contribution >= 4 is 22.9 Å². The minimum absolute atomic E-state index is 0.0280. The fourth-order valence-electron chi connectivity index (χ4n) is 3.29. The summed E-state index contributed by atoms with van der Waals surface area (Å²) in [5, 5.41) is 17.1. The molecule has 1 aromatic heterocycles. The average Bonchev–Trinajstić information content (AvgIpc) is 3.30. The molecule has 4 nitrogen and oxygen atoms in total. The van der Waals surface area contributed by atoms with E-state index in [4.69, 9.17) is 5.26 Å². The molecule has 2 aromatic carbocycles. The van der Waals surface area contributed by atoms with Crippen LogP contribution < -0.4 is 10.6 Å². The number of nitriles is 1. The molecule has 1 amide bonds. The highest BCUT2D eigenvalue weighted by Gasteiger charge is 2.17. The second-order valence-electron chi connectivity index (χ2n) is 7.39. The van der Waals surface area contributed by atoms with Gasteiger partial charge in [-0.15, -0.1) is 11.3 Å². The van der Waals surface area contributed by atoms with Gasteiger partial charge in [-0.1, -0.05) is 56.3 Å². The van der Waals surface area contributed by atoms with Gasteiger partial charge in [0.15, 0.2) is 0 Å². The van der Waals surface area contributed by atoms with Crippen LogP contribution in [0, 0.1) is 11.3 Å². The smallest absolute Gasteiger partial charge is 0.238 e. The van der Waals surface area contributed by atoms with Crippen molar-refractivity contribution in [1.82, 2.24) is 5.32 Å². The zero-order valence-corrected chi connectivity index (χ0v) is 18.2.